The molecule has 4 atom stereocenters. The third-order valence-corrected chi connectivity index (χ3v) is 4.67. The number of aromatic nitrogens is 4. The van der Waals surface area contributed by atoms with Crippen LogP contribution in [0, 0.1) is 0 Å². The number of carbonyl (C=O) groups is 1. The Kier molecular flexibility index (Phi) is 3.86. The summed E-state index contributed by atoms with van der Waals surface area (Å²) in [6.07, 6.45) is 0.668. The summed E-state index contributed by atoms with van der Waals surface area (Å²) in [5, 5.41) is 4.71. The van der Waals surface area contributed by atoms with Crippen LogP contribution in [0.4, 0.5) is 5.82 Å². The van der Waals surface area contributed by atoms with E-state index in [4.69, 9.17) is 24.7 Å². The number of nitrogens with two attached hydrogens (primary N) is 1. The molecule has 2 fully saturated rings. The molecule has 26 heavy (non-hydrogen) atoms. The molecule has 4 heterocycles. The number of nitrogen functional groups attached to an aromatic ring is 1. The predicted molar refractivity (Wildman–Crippen MR) is 89.1 cm³/mol. The average Bonchev–Trinajstić information content (AvgIpc) is 3.23. The van der Waals surface area contributed by atoms with Crippen LogP contribution in [0.25, 0.3) is 11.0 Å². The number of rotatable bonds is 3. The molecule has 10 nitrogen and oxygen atoms in total. The van der Waals surface area contributed by atoms with Gasteiger partial charge >= 0.3 is 5.97 Å². The second kappa shape index (κ2) is 5.86. The van der Waals surface area contributed by atoms with Crippen LogP contribution in [0.2, 0.25) is 0 Å². The van der Waals surface area contributed by atoms with Gasteiger partial charge in [0, 0.05) is 0 Å². The minimum Gasteiger partial charge on any atom is -0.464 e. The van der Waals surface area contributed by atoms with Gasteiger partial charge in [0.05, 0.1) is 18.6 Å². The van der Waals surface area contributed by atoms with E-state index in [2.05, 4.69) is 15.1 Å². The number of hydrogen-bond acceptors (Lipinski definition) is 9. The highest BCUT2D eigenvalue weighted by molar-refractivity contribution is 6.05. The fourth-order valence-electron chi connectivity index (χ4n) is 3.60. The summed E-state index contributed by atoms with van der Waals surface area (Å²) in [6.45, 7) is 5.73. The highest BCUT2D eigenvalue weighted by atomic mass is 16.8. The molecule has 2 aliphatic heterocycles. The second-order valence-electron chi connectivity index (χ2n) is 6.78. The molecule has 140 valence electrons. The fourth-order valence-corrected chi connectivity index (χ4v) is 3.60. The maximum Gasteiger partial charge on any atom is 0.359 e. The molecule has 4 rings (SSSR count). The summed E-state index contributed by atoms with van der Waals surface area (Å²) in [7, 11) is 1.28. The van der Waals surface area contributed by atoms with E-state index in [1.165, 1.54) is 18.1 Å². The lowest BCUT2D eigenvalue weighted by molar-refractivity contribution is -0.197. The lowest BCUT2D eigenvalue weighted by Gasteiger charge is -2.24. The summed E-state index contributed by atoms with van der Waals surface area (Å²) in [5.41, 5.74) is 6.38. The number of esters is 1. The molecular formula is C16H21N5O5. The molecule has 2 N–H and O–H groups in total. The van der Waals surface area contributed by atoms with Crippen molar-refractivity contribution in [2.75, 3.05) is 12.8 Å². The number of ether oxygens (including phenoxy) is 4. The van der Waals surface area contributed by atoms with Crippen molar-refractivity contribution >= 4 is 22.8 Å². The number of carbonyl (C=O) groups excluding carboxylic acids is 1. The Morgan fingerprint density at radius 3 is 2.77 bits per heavy atom. The lowest BCUT2D eigenvalue weighted by Crippen LogP contribution is -2.29. The van der Waals surface area contributed by atoms with Gasteiger partial charge in [-0.15, -0.1) is 0 Å². The molecule has 0 amide bonds. The summed E-state index contributed by atoms with van der Waals surface area (Å²) in [6, 6.07) is 0. The molecule has 0 aromatic carbocycles. The van der Waals surface area contributed by atoms with Crippen molar-refractivity contribution < 1.29 is 23.7 Å². The van der Waals surface area contributed by atoms with Gasteiger partial charge in [0.15, 0.2) is 23.4 Å². The van der Waals surface area contributed by atoms with Crippen molar-refractivity contribution in [3.8, 4) is 0 Å². The lowest BCUT2D eigenvalue weighted by atomic mass is 10.1. The fraction of sp³-hybridized carbons (Fsp3) is 0.625. The zero-order valence-electron chi connectivity index (χ0n) is 15.0. The van der Waals surface area contributed by atoms with Gasteiger partial charge in [-0.25, -0.2) is 19.4 Å². The normalized spacial score (nSPS) is 29.8. The van der Waals surface area contributed by atoms with E-state index < -0.39 is 18.0 Å². The van der Waals surface area contributed by atoms with Gasteiger partial charge in [-0.1, -0.05) is 6.92 Å². The Morgan fingerprint density at radius 2 is 2.08 bits per heavy atom. The van der Waals surface area contributed by atoms with Gasteiger partial charge in [-0.3, -0.25) is 0 Å². The summed E-state index contributed by atoms with van der Waals surface area (Å²) in [4.78, 5) is 20.4. The first-order valence-electron chi connectivity index (χ1n) is 8.44. The third-order valence-electron chi connectivity index (χ3n) is 4.67. The minimum absolute atomic E-state index is 0.0406. The number of anilines is 1. The molecule has 2 aliphatic rings. The van der Waals surface area contributed by atoms with E-state index in [0.717, 1.165) is 6.42 Å². The van der Waals surface area contributed by atoms with Crippen molar-refractivity contribution in [3.05, 3.63) is 12.0 Å². The van der Waals surface area contributed by atoms with Crippen molar-refractivity contribution in [3.63, 3.8) is 0 Å². The molecule has 0 saturated carbocycles. The quantitative estimate of drug-likeness (QED) is 0.796. The largest absolute Gasteiger partial charge is 0.464 e. The van der Waals surface area contributed by atoms with Gasteiger partial charge in [0.25, 0.3) is 0 Å². The molecule has 0 unspecified atom stereocenters. The highest BCUT2D eigenvalue weighted by Gasteiger charge is 2.56. The zero-order chi connectivity index (χ0) is 18.6. The van der Waals surface area contributed by atoms with Crippen LogP contribution < -0.4 is 5.73 Å². The smallest absolute Gasteiger partial charge is 0.359 e. The highest BCUT2D eigenvalue weighted by Crippen LogP contribution is 2.44. The molecule has 0 radical (unpaired) electrons. The molecular weight excluding hydrogens is 342 g/mol. The first-order chi connectivity index (χ1) is 12.4. The Bertz CT molecular complexity index is 866. The first-order valence-corrected chi connectivity index (χ1v) is 8.44. The number of nitrogens with zero attached hydrogens (tertiary/aromatic N) is 4. The van der Waals surface area contributed by atoms with Crippen LogP contribution in [0.5, 0.6) is 0 Å². The minimum atomic E-state index is -0.729. The number of fused-ring (bicyclic) bond motifs is 2. The molecule has 2 aromatic rings. The molecule has 2 saturated heterocycles. The Morgan fingerprint density at radius 1 is 1.35 bits per heavy atom. The van der Waals surface area contributed by atoms with Crippen molar-refractivity contribution in [2.45, 2.75) is 57.5 Å². The maximum absolute atomic E-state index is 12.2. The SMILES string of the molecule is CC[C@H]1O[C@@H](n2nc(C(=O)OC)c3c(N)ncnc32)[C@@H]2OC(C)(C)O[C@@H]21. The Hall–Kier alpha value is -2.30. The Labute approximate surface area is 149 Å². The van der Waals surface area contributed by atoms with E-state index in [0.29, 0.717) is 11.0 Å². The topological polar surface area (TPSA) is 124 Å². The summed E-state index contributed by atoms with van der Waals surface area (Å²) >= 11 is 0. The number of hydrogen-bond donors (Lipinski definition) is 1. The Balaban J connectivity index is 1.84. The van der Waals surface area contributed by atoms with E-state index in [9.17, 15) is 4.79 Å². The van der Waals surface area contributed by atoms with Gasteiger partial charge in [0.1, 0.15) is 24.4 Å². The van der Waals surface area contributed by atoms with Crippen LogP contribution in [0.15, 0.2) is 6.33 Å². The molecule has 10 heteroatoms. The van der Waals surface area contributed by atoms with Crippen molar-refractivity contribution in [2.24, 2.45) is 0 Å². The van der Waals surface area contributed by atoms with Crippen LogP contribution in [-0.4, -0.2) is 56.9 Å². The van der Waals surface area contributed by atoms with Gasteiger partial charge in [-0.05, 0) is 20.3 Å². The number of methoxy groups -OCH3 is 1. The standard InChI is InChI=1S/C16H21N5O5/c1-5-7-10-11(26-16(2,3)25-10)14(24-7)21-13-8(12(17)18-6-19-13)9(20-21)15(22)23-4/h6-7,10-11,14H,5H2,1-4H3,(H2,17,18,19)/t7-,10-,11-,14-/m1/s1. The molecule has 2 aromatic heterocycles. The zero-order valence-corrected chi connectivity index (χ0v) is 15.0. The van der Waals surface area contributed by atoms with E-state index >= 15 is 0 Å². The van der Waals surface area contributed by atoms with Crippen molar-refractivity contribution in [1.29, 1.82) is 0 Å². The third kappa shape index (κ3) is 2.44. The molecule has 0 bridgehead atoms. The van der Waals surface area contributed by atoms with Crippen molar-refractivity contribution in [1.82, 2.24) is 19.7 Å². The monoisotopic (exact) mass is 363 g/mol. The van der Waals surface area contributed by atoms with E-state index in [1.54, 1.807) is 0 Å². The molecule has 0 aliphatic carbocycles. The van der Waals surface area contributed by atoms with Crippen LogP contribution >= 0.6 is 0 Å². The van der Waals surface area contributed by atoms with E-state index in [1.807, 2.05) is 20.8 Å². The summed E-state index contributed by atoms with van der Waals surface area (Å²) in [5.74, 6) is -1.21. The maximum atomic E-state index is 12.2. The van der Waals surface area contributed by atoms with Crippen LogP contribution in [-0.2, 0) is 18.9 Å². The van der Waals surface area contributed by atoms with Gasteiger partial charge in [-0.2, -0.15) is 5.10 Å². The second-order valence-corrected chi connectivity index (χ2v) is 6.78. The van der Waals surface area contributed by atoms with Crippen LogP contribution in [0.1, 0.15) is 43.9 Å². The van der Waals surface area contributed by atoms with Gasteiger partial charge < -0.3 is 24.7 Å². The van der Waals surface area contributed by atoms with E-state index in [-0.39, 0.29) is 29.8 Å². The summed E-state index contributed by atoms with van der Waals surface area (Å²) < 4.78 is 24.5. The first kappa shape index (κ1) is 17.1. The van der Waals surface area contributed by atoms with Gasteiger partial charge in [0.2, 0.25) is 0 Å². The van der Waals surface area contributed by atoms with Crippen LogP contribution in [0.3, 0.4) is 0 Å². The molecule has 0 spiro atoms. The predicted octanol–water partition coefficient (Wildman–Crippen LogP) is 1.02. The average molecular weight is 363 g/mol.